The van der Waals surface area contributed by atoms with E-state index in [2.05, 4.69) is 36.6 Å². The van der Waals surface area contributed by atoms with Crippen LogP contribution in [0.25, 0.3) is 11.3 Å². The number of rotatable bonds is 28. The first kappa shape index (κ1) is 59.5. The summed E-state index contributed by atoms with van der Waals surface area (Å²) in [5, 5.41) is 24.4. The van der Waals surface area contributed by atoms with Gasteiger partial charge in [0.15, 0.2) is 12.4 Å². The number of anilines is 2. The summed E-state index contributed by atoms with van der Waals surface area (Å²) >= 11 is 0. The summed E-state index contributed by atoms with van der Waals surface area (Å²) < 4.78 is 33.7. The number of amides is 3. The van der Waals surface area contributed by atoms with Crippen LogP contribution in [0.2, 0.25) is 0 Å². The van der Waals surface area contributed by atoms with Gasteiger partial charge in [-0.1, -0.05) is 32.9 Å². The third kappa shape index (κ3) is 16.7. The van der Waals surface area contributed by atoms with Gasteiger partial charge in [-0.2, -0.15) is 5.26 Å². The van der Waals surface area contributed by atoms with Crippen LogP contribution in [0.5, 0.6) is 17.4 Å². The number of nitrogens with one attached hydrogen (secondary N) is 2. The average molecular weight is 1100 g/mol. The zero-order valence-corrected chi connectivity index (χ0v) is 46.0. The zero-order valence-electron chi connectivity index (χ0n) is 46.0. The van der Waals surface area contributed by atoms with Crippen LogP contribution in [0.1, 0.15) is 86.4 Å². The van der Waals surface area contributed by atoms with Gasteiger partial charge in [-0.3, -0.25) is 19.2 Å². The molecule has 2 aliphatic heterocycles. The Hall–Kier alpha value is -8.17. The normalized spacial score (nSPS) is 15.2. The summed E-state index contributed by atoms with van der Waals surface area (Å²) in [6.45, 7) is 15.5. The molecule has 0 saturated carbocycles. The number of fused-ring (bicyclic) bond motifs is 1. The van der Waals surface area contributed by atoms with Gasteiger partial charge in [-0.05, 0) is 75.4 Å². The van der Waals surface area contributed by atoms with E-state index in [0.717, 1.165) is 0 Å². The van der Waals surface area contributed by atoms with E-state index in [1.165, 1.54) is 6.20 Å². The predicted molar refractivity (Wildman–Crippen MR) is 292 cm³/mol. The third-order valence-corrected chi connectivity index (χ3v) is 13.2. The van der Waals surface area contributed by atoms with Crippen LogP contribution in [0, 0.1) is 16.7 Å². The first-order chi connectivity index (χ1) is 38.4. The van der Waals surface area contributed by atoms with Crippen molar-refractivity contribution < 1.29 is 57.5 Å². The van der Waals surface area contributed by atoms with Crippen molar-refractivity contribution >= 4 is 41.2 Å². The smallest absolute Gasteiger partial charge is 0.326 e. The number of carbonyl (C=O) groups is 5. The Balaban J connectivity index is 0.703. The van der Waals surface area contributed by atoms with Gasteiger partial charge in [0.05, 0.1) is 68.6 Å². The fourth-order valence-electron chi connectivity index (χ4n) is 8.73. The second-order valence-corrected chi connectivity index (χ2v) is 20.8. The maximum atomic E-state index is 13.4. The summed E-state index contributed by atoms with van der Waals surface area (Å²) in [5.41, 5.74) is 2.16. The number of aliphatic carboxylic acids is 1. The fourth-order valence-corrected chi connectivity index (χ4v) is 8.73. The maximum absolute atomic E-state index is 13.4. The van der Waals surface area contributed by atoms with Crippen LogP contribution >= 0.6 is 0 Å². The summed E-state index contributed by atoms with van der Waals surface area (Å²) in [6.07, 6.45) is 7.29. The van der Waals surface area contributed by atoms with E-state index in [1.807, 2.05) is 57.4 Å². The molecule has 2 aliphatic rings. The lowest BCUT2D eigenvalue weighted by atomic mass is 9.88. The number of nitrogens with zero attached hydrogens (tertiary/aromatic N) is 9. The van der Waals surface area contributed by atoms with Crippen molar-refractivity contribution in [2.75, 3.05) is 95.4 Å². The molecule has 1 aromatic carbocycles. The first-order valence-corrected chi connectivity index (χ1v) is 26.4. The average Bonchev–Trinajstić information content (AvgIpc) is 3.76. The number of hydrogen-bond acceptors (Lipinski definition) is 19. The molecule has 0 aliphatic carbocycles. The van der Waals surface area contributed by atoms with Gasteiger partial charge in [0.1, 0.15) is 41.7 Å². The second-order valence-electron chi connectivity index (χ2n) is 20.8. The van der Waals surface area contributed by atoms with Gasteiger partial charge in [-0.25, -0.2) is 29.7 Å². The highest BCUT2D eigenvalue weighted by Gasteiger charge is 2.45. The molecule has 2 atom stereocenters. The number of carboxylic acid groups (broad SMARTS) is 1. The quantitative estimate of drug-likeness (QED) is 0.0537. The maximum Gasteiger partial charge on any atom is 0.326 e. The molecule has 80 heavy (non-hydrogen) atoms. The fraction of sp³-hybridized carbons (Fsp3) is 0.456. The summed E-state index contributed by atoms with van der Waals surface area (Å²) in [5.74, 6) is -0.162. The number of piperazine rings is 1. The topological polar surface area (TPSA) is 283 Å². The number of aromatic nitrogens is 5. The minimum atomic E-state index is -1.10. The van der Waals surface area contributed by atoms with Crippen molar-refractivity contribution in [3.8, 4) is 34.7 Å². The van der Waals surface area contributed by atoms with Crippen LogP contribution in [0.3, 0.4) is 0 Å². The molecule has 7 rings (SSSR count). The van der Waals surface area contributed by atoms with Crippen molar-refractivity contribution in [1.82, 2.24) is 40.5 Å². The molecule has 4 aromatic heterocycles. The molecule has 3 amide bonds. The number of benzene rings is 1. The van der Waals surface area contributed by atoms with E-state index in [4.69, 9.17) is 33.4 Å². The molecule has 6 heterocycles. The molecular formula is C57H69N11O12. The van der Waals surface area contributed by atoms with Crippen LogP contribution in [-0.2, 0) is 39.9 Å². The molecular weight excluding hydrogens is 1030 g/mol. The van der Waals surface area contributed by atoms with Gasteiger partial charge in [0, 0.05) is 86.8 Å². The van der Waals surface area contributed by atoms with Gasteiger partial charge in [0.2, 0.25) is 17.7 Å². The monoisotopic (exact) mass is 1100 g/mol. The molecule has 0 unspecified atom stereocenters. The number of carbonyl (C=O) groups excluding carboxylic acids is 4. The van der Waals surface area contributed by atoms with E-state index in [0.29, 0.717) is 122 Å². The molecule has 3 N–H and O–H groups in total. The van der Waals surface area contributed by atoms with Gasteiger partial charge in [0.25, 0.3) is 11.8 Å². The standard InChI is InChI=1S/C57H69N11O12/c1-38-34-66(55-62-32-41(33-63-55)45-14-13-44-51(71)57(5,6)68(52(44)65-45)35-40-9-8-18-59-47(40)30-58)20-21-67(38)50(70)37-78-28-27-77-26-25-76-24-23-75-22-19-60-53(72)39-12-15-49(61-31-39)80-43-11-7-10-42(29-43)79-36-48(69)64-46(54(73)74)16-17-56(2,3)4/h7-15,18,29,31-33,38,46H,16-17,19-28,34-37H2,1-6H3,(H,60,72)(H,64,69)(H,73,74)/t38-,46+/m1/s1. The number of carboxylic acids is 1. The van der Waals surface area contributed by atoms with Crippen LogP contribution < -0.4 is 29.9 Å². The molecule has 0 bridgehead atoms. The van der Waals surface area contributed by atoms with Crippen molar-refractivity contribution in [3.05, 3.63) is 108 Å². The molecule has 1 fully saturated rings. The molecule has 23 heteroatoms. The third-order valence-electron chi connectivity index (χ3n) is 13.2. The van der Waals surface area contributed by atoms with Crippen LogP contribution in [-0.4, -0.2) is 168 Å². The van der Waals surface area contributed by atoms with Gasteiger partial charge in [-0.15, -0.1) is 0 Å². The Bertz CT molecular complexity index is 2970. The lowest BCUT2D eigenvalue weighted by Gasteiger charge is -2.39. The minimum absolute atomic E-state index is 0.0545. The van der Waals surface area contributed by atoms with Crippen LogP contribution in [0.4, 0.5) is 11.8 Å². The Labute approximate surface area is 464 Å². The van der Waals surface area contributed by atoms with Crippen molar-refractivity contribution in [1.29, 1.82) is 5.26 Å². The highest BCUT2D eigenvalue weighted by atomic mass is 16.6. The number of nitriles is 1. The number of hydrogen-bond donors (Lipinski definition) is 3. The summed E-state index contributed by atoms with van der Waals surface area (Å²) in [7, 11) is 0. The summed E-state index contributed by atoms with van der Waals surface area (Å²) in [6, 6.07) is 17.8. The highest BCUT2D eigenvalue weighted by molar-refractivity contribution is 6.13. The lowest BCUT2D eigenvalue weighted by molar-refractivity contribution is -0.142. The van der Waals surface area contributed by atoms with E-state index in [-0.39, 0.29) is 74.5 Å². The van der Waals surface area contributed by atoms with E-state index < -0.39 is 23.5 Å². The molecule has 0 spiro atoms. The molecule has 424 valence electrons. The van der Waals surface area contributed by atoms with Crippen molar-refractivity contribution in [2.45, 2.75) is 78.6 Å². The molecule has 23 nitrogen and oxygen atoms in total. The largest absolute Gasteiger partial charge is 0.484 e. The Morgan fingerprint density at radius 3 is 2.24 bits per heavy atom. The Morgan fingerprint density at radius 1 is 0.850 bits per heavy atom. The number of pyridine rings is 3. The lowest BCUT2D eigenvalue weighted by Crippen LogP contribution is -2.55. The number of ether oxygens (including phenoxy) is 6. The SMILES string of the molecule is C[C@@H]1CN(c2ncc(-c3ccc4c(n3)N(Cc3cccnc3C#N)C(C)(C)C4=O)cn2)CCN1C(=O)COCCOCCOCCOCCNC(=O)c1ccc(Oc2cccc(OCC(=O)N[C@@H](CCC(C)(C)C)C(=O)O)c2)nc1. The molecule has 0 radical (unpaired) electrons. The minimum Gasteiger partial charge on any atom is -0.484 e. The summed E-state index contributed by atoms with van der Waals surface area (Å²) in [4.78, 5) is 91.6. The first-order valence-electron chi connectivity index (χ1n) is 26.4. The van der Waals surface area contributed by atoms with Crippen molar-refractivity contribution in [2.24, 2.45) is 5.41 Å². The Morgan fingerprint density at radius 2 is 1.56 bits per heavy atom. The number of ketones is 1. The van der Waals surface area contributed by atoms with E-state index in [1.54, 1.807) is 78.1 Å². The molecule has 1 saturated heterocycles. The van der Waals surface area contributed by atoms with E-state index in [9.17, 15) is 34.3 Å². The van der Waals surface area contributed by atoms with E-state index >= 15 is 0 Å². The molecule has 5 aromatic rings. The Kier molecular flexibility index (Phi) is 20.9. The van der Waals surface area contributed by atoms with Crippen molar-refractivity contribution in [3.63, 3.8) is 0 Å². The van der Waals surface area contributed by atoms with Gasteiger partial charge >= 0.3 is 5.97 Å². The predicted octanol–water partition coefficient (Wildman–Crippen LogP) is 5.28. The highest BCUT2D eigenvalue weighted by Crippen LogP contribution is 2.40. The second kappa shape index (κ2) is 28.1. The van der Waals surface area contributed by atoms with Gasteiger partial charge < -0.3 is 58.9 Å². The number of Topliss-reactive ketones (excluding diaryl/α,β-unsaturated/α-hetero) is 1. The zero-order chi connectivity index (χ0) is 57.2. The van der Waals surface area contributed by atoms with Crippen LogP contribution in [0.15, 0.2) is 85.5 Å².